The Morgan fingerprint density at radius 3 is 2.56 bits per heavy atom. The molecule has 1 rings (SSSR count). The van der Waals surface area contributed by atoms with Crippen LogP contribution in [0.2, 0.25) is 0 Å². The number of ether oxygens (including phenoxy) is 1. The van der Waals surface area contributed by atoms with Gasteiger partial charge in [0.1, 0.15) is 11.9 Å². The summed E-state index contributed by atoms with van der Waals surface area (Å²) in [6, 6.07) is 4.65. The molecule has 0 aliphatic carbocycles. The Bertz CT molecular complexity index is 390. The summed E-state index contributed by atoms with van der Waals surface area (Å²) >= 11 is 2.06. The van der Waals surface area contributed by atoms with E-state index < -0.39 is 12.1 Å². The highest BCUT2D eigenvalue weighted by Gasteiger charge is 2.14. The Labute approximate surface area is 107 Å². The molecule has 0 aliphatic rings. The van der Waals surface area contributed by atoms with Gasteiger partial charge >= 0.3 is 5.97 Å². The first kappa shape index (κ1) is 13.2. The average Bonchev–Trinajstić information content (AvgIpc) is 2.20. The van der Waals surface area contributed by atoms with Crippen molar-refractivity contribution in [3.05, 3.63) is 27.3 Å². The fourth-order valence-electron chi connectivity index (χ4n) is 1.03. The summed E-state index contributed by atoms with van der Waals surface area (Å²) in [6.45, 7) is 3.35. The molecule has 5 heteroatoms. The van der Waals surface area contributed by atoms with Gasteiger partial charge in [-0.3, -0.25) is 0 Å². The maximum absolute atomic E-state index is 10.8. The predicted molar refractivity (Wildman–Crippen MR) is 67.9 cm³/mol. The zero-order valence-corrected chi connectivity index (χ0v) is 11.1. The van der Waals surface area contributed by atoms with Crippen LogP contribution in [0, 0.1) is 3.57 Å². The molecule has 1 aromatic rings. The van der Waals surface area contributed by atoms with Crippen molar-refractivity contribution in [3.8, 4) is 5.75 Å². The predicted octanol–water partition coefficient (Wildman–Crippen LogP) is 2.14. The van der Waals surface area contributed by atoms with Crippen LogP contribution in [0.3, 0.4) is 0 Å². The second-order valence-electron chi connectivity index (χ2n) is 3.51. The van der Waals surface area contributed by atoms with Gasteiger partial charge in [0.15, 0.2) is 0 Å². The average molecular weight is 336 g/mol. The first-order valence-corrected chi connectivity index (χ1v) is 5.87. The van der Waals surface area contributed by atoms with Crippen LogP contribution < -0.4 is 4.74 Å². The van der Waals surface area contributed by atoms with Crippen molar-refractivity contribution in [1.29, 1.82) is 0 Å². The molecule has 0 aliphatic heterocycles. The second kappa shape index (κ2) is 5.49. The summed E-state index contributed by atoms with van der Waals surface area (Å²) in [5.74, 6) is -0.514. The maximum Gasteiger partial charge on any atom is 0.335 e. The van der Waals surface area contributed by atoms with E-state index in [0.717, 1.165) is 3.57 Å². The minimum Gasteiger partial charge on any atom is -0.487 e. The Kier molecular flexibility index (Phi) is 4.55. The number of rotatable bonds is 4. The standard InChI is InChI=1S/C11H13IO4/c1-6(13)7(2)16-10-5-8(11(14)15)3-4-9(10)12/h3-7,13H,1-2H3,(H,14,15). The van der Waals surface area contributed by atoms with Crippen LogP contribution in [0.15, 0.2) is 18.2 Å². The Hall–Kier alpha value is -0.820. The molecule has 0 heterocycles. The highest BCUT2D eigenvalue weighted by molar-refractivity contribution is 14.1. The normalized spacial score (nSPS) is 14.2. The largest absolute Gasteiger partial charge is 0.487 e. The number of aliphatic hydroxyl groups is 1. The topological polar surface area (TPSA) is 66.8 Å². The number of aromatic carboxylic acids is 1. The van der Waals surface area contributed by atoms with E-state index in [-0.39, 0.29) is 11.7 Å². The number of hydrogen-bond acceptors (Lipinski definition) is 3. The number of carboxylic acid groups (broad SMARTS) is 1. The Morgan fingerprint density at radius 2 is 2.06 bits per heavy atom. The lowest BCUT2D eigenvalue weighted by Crippen LogP contribution is -2.26. The molecule has 2 atom stereocenters. The van der Waals surface area contributed by atoms with Crippen molar-refractivity contribution in [2.75, 3.05) is 0 Å². The Balaban J connectivity index is 2.94. The fourth-order valence-corrected chi connectivity index (χ4v) is 1.49. The third-order valence-electron chi connectivity index (χ3n) is 2.17. The highest BCUT2D eigenvalue weighted by Crippen LogP contribution is 2.24. The molecule has 16 heavy (non-hydrogen) atoms. The summed E-state index contributed by atoms with van der Waals surface area (Å²) < 4.78 is 6.29. The van der Waals surface area contributed by atoms with E-state index >= 15 is 0 Å². The van der Waals surface area contributed by atoms with Gasteiger partial charge in [-0.15, -0.1) is 0 Å². The quantitative estimate of drug-likeness (QED) is 0.827. The highest BCUT2D eigenvalue weighted by atomic mass is 127. The lowest BCUT2D eigenvalue weighted by Gasteiger charge is -2.18. The summed E-state index contributed by atoms with van der Waals surface area (Å²) in [4.78, 5) is 10.8. The van der Waals surface area contributed by atoms with Gasteiger partial charge in [0.2, 0.25) is 0 Å². The van der Waals surface area contributed by atoms with Crippen molar-refractivity contribution < 1.29 is 19.7 Å². The molecule has 0 bridgehead atoms. The smallest absolute Gasteiger partial charge is 0.335 e. The van der Waals surface area contributed by atoms with E-state index in [1.54, 1.807) is 19.9 Å². The van der Waals surface area contributed by atoms with Crippen LogP contribution in [0.25, 0.3) is 0 Å². The number of carboxylic acids is 1. The molecule has 2 unspecified atom stereocenters. The maximum atomic E-state index is 10.8. The molecular formula is C11H13IO4. The third kappa shape index (κ3) is 3.34. The van der Waals surface area contributed by atoms with Gasteiger partial charge in [0, 0.05) is 0 Å². The fraction of sp³-hybridized carbons (Fsp3) is 0.364. The van der Waals surface area contributed by atoms with Gasteiger partial charge in [0.05, 0.1) is 15.2 Å². The van der Waals surface area contributed by atoms with Crippen molar-refractivity contribution in [2.45, 2.75) is 26.1 Å². The van der Waals surface area contributed by atoms with Crippen LogP contribution in [-0.4, -0.2) is 28.4 Å². The van der Waals surface area contributed by atoms with Crippen LogP contribution in [0.4, 0.5) is 0 Å². The monoisotopic (exact) mass is 336 g/mol. The number of hydrogen-bond donors (Lipinski definition) is 2. The lowest BCUT2D eigenvalue weighted by molar-refractivity contribution is 0.0595. The summed E-state index contributed by atoms with van der Waals surface area (Å²) in [5.41, 5.74) is 0.174. The molecule has 0 aromatic heterocycles. The minimum atomic E-state index is -0.994. The molecule has 0 spiro atoms. The molecule has 0 radical (unpaired) electrons. The second-order valence-corrected chi connectivity index (χ2v) is 4.68. The number of halogens is 1. The van der Waals surface area contributed by atoms with Crippen LogP contribution >= 0.6 is 22.6 Å². The van der Waals surface area contributed by atoms with E-state index in [1.807, 2.05) is 0 Å². The molecule has 1 aromatic carbocycles. The Morgan fingerprint density at radius 1 is 1.44 bits per heavy atom. The molecule has 0 saturated heterocycles. The summed E-state index contributed by atoms with van der Waals surface area (Å²) in [7, 11) is 0. The van der Waals surface area contributed by atoms with Gasteiger partial charge in [-0.25, -0.2) is 4.79 Å². The number of benzene rings is 1. The molecule has 88 valence electrons. The van der Waals surface area contributed by atoms with Gasteiger partial charge in [-0.2, -0.15) is 0 Å². The first-order chi connectivity index (χ1) is 7.41. The molecule has 0 fully saturated rings. The molecule has 0 saturated carbocycles. The number of aliphatic hydroxyl groups excluding tert-OH is 1. The van der Waals surface area contributed by atoms with Gasteiger partial charge < -0.3 is 14.9 Å². The van der Waals surface area contributed by atoms with Crippen molar-refractivity contribution in [1.82, 2.24) is 0 Å². The number of carbonyl (C=O) groups is 1. The van der Waals surface area contributed by atoms with E-state index in [1.165, 1.54) is 12.1 Å². The van der Waals surface area contributed by atoms with Crippen molar-refractivity contribution in [2.24, 2.45) is 0 Å². The van der Waals surface area contributed by atoms with Crippen LogP contribution in [0.5, 0.6) is 5.75 Å². The van der Waals surface area contributed by atoms with Gasteiger partial charge in [0.25, 0.3) is 0 Å². The van der Waals surface area contributed by atoms with Crippen molar-refractivity contribution >= 4 is 28.6 Å². The molecule has 4 nitrogen and oxygen atoms in total. The molecule has 2 N–H and O–H groups in total. The lowest BCUT2D eigenvalue weighted by atomic mass is 10.2. The van der Waals surface area contributed by atoms with E-state index in [9.17, 15) is 9.90 Å². The summed E-state index contributed by atoms with van der Waals surface area (Å²) in [5, 5.41) is 18.1. The van der Waals surface area contributed by atoms with Gasteiger partial charge in [-0.05, 0) is 54.6 Å². The summed E-state index contributed by atoms with van der Waals surface area (Å²) in [6.07, 6.45) is -0.984. The van der Waals surface area contributed by atoms with Crippen LogP contribution in [0.1, 0.15) is 24.2 Å². The van der Waals surface area contributed by atoms with E-state index in [2.05, 4.69) is 22.6 Å². The molecular weight excluding hydrogens is 323 g/mol. The third-order valence-corrected chi connectivity index (χ3v) is 3.06. The van der Waals surface area contributed by atoms with Crippen molar-refractivity contribution in [3.63, 3.8) is 0 Å². The SMILES string of the molecule is CC(O)C(C)Oc1cc(C(=O)O)ccc1I. The zero-order valence-electron chi connectivity index (χ0n) is 8.98. The van der Waals surface area contributed by atoms with E-state index in [4.69, 9.17) is 9.84 Å². The zero-order chi connectivity index (χ0) is 12.3. The first-order valence-electron chi connectivity index (χ1n) is 4.79. The molecule has 0 amide bonds. The van der Waals surface area contributed by atoms with E-state index in [0.29, 0.717) is 5.75 Å². The minimum absolute atomic E-state index is 0.174. The van der Waals surface area contributed by atoms with Crippen LogP contribution in [-0.2, 0) is 0 Å². The van der Waals surface area contributed by atoms with Gasteiger partial charge in [-0.1, -0.05) is 0 Å².